The molecule has 0 bridgehead atoms. The van der Waals surface area contributed by atoms with Crippen LogP contribution >= 0.6 is 0 Å². The number of urea groups is 1. The van der Waals surface area contributed by atoms with Crippen molar-refractivity contribution in [3.8, 4) is 0 Å². The number of benzene rings is 1. The van der Waals surface area contributed by atoms with Crippen LogP contribution in [0.5, 0.6) is 0 Å². The average Bonchev–Trinajstić information content (AvgIpc) is 2.75. The number of rotatable bonds is 5. The summed E-state index contributed by atoms with van der Waals surface area (Å²) in [6, 6.07) is 8.32. The maximum Gasteiger partial charge on any atom is 0.319 e. The highest BCUT2D eigenvalue weighted by Gasteiger charge is 2.16. The molecule has 1 saturated carbocycles. The lowest BCUT2D eigenvalue weighted by Crippen LogP contribution is -2.37. The first-order valence-corrected chi connectivity index (χ1v) is 8.92. The number of nitrogens with one attached hydrogen (secondary N) is 2. The molecule has 2 N–H and O–H groups in total. The highest BCUT2D eigenvalue weighted by atomic mass is 16.5. The van der Waals surface area contributed by atoms with Gasteiger partial charge in [-0.1, -0.05) is 43.9 Å². The van der Waals surface area contributed by atoms with E-state index in [1.54, 1.807) is 7.11 Å². The summed E-state index contributed by atoms with van der Waals surface area (Å²) in [5.74, 6) is 0. The lowest BCUT2D eigenvalue weighted by molar-refractivity contribution is 0.188. The molecule has 1 aromatic heterocycles. The van der Waals surface area contributed by atoms with Gasteiger partial charge in [0, 0.05) is 31.3 Å². The number of carbonyl (C=O) groups excluding carboxylic acids is 1. The number of aromatic nitrogens is 1. The number of amides is 2. The molecule has 1 heterocycles. The summed E-state index contributed by atoms with van der Waals surface area (Å²) < 4.78 is 7.30. The molecule has 24 heavy (non-hydrogen) atoms. The Kier molecular flexibility index (Phi) is 5.75. The number of hydrogen-bond donors (Lipinski definition) is 2. The maximum absolute atomic E-state index is 12.4. The van der Waals surface area contributed by atoms with Crippen molar-refractivity contribution < 1.29 is 9.53 Å². The van der Waals surface area contributed by atoms with E-state index in [4.69, 9.17) is 4.74 Å². The zero-order valence-corrected chi connectivity index (χ0v) is 14.4. The SMILES string of the molecule is COCCn1cc(NC(=O)NC2CCCCCC2)c2ccccc21. The van der Waals surface area contributed by atoms with Crippen LogP contribution in [0.25, 0.3) is 10.9 Å². The van der Waals surface area contributed by atoms with E-state index in [2.05, 4.69) is 21.3 Å². The number of methoxy groups -OCH3 is 1. The van der Waals surface area contributed by atoms with Crippen molar-refractivity contribution in [2.45, 2.75) is 51.1 Å². The summed E-state index contributed by atoms with van der Waals surface area (Å²) >= 11 is 0. The average molecular weight is 329 g/mol. The largest absolute Gasteiger partial charge is 0.383 e. The fourth-order valence-electron chi connectivity index (χ4n) is 3.49. The molecule has 1 aliphatic carbocycles. The van der Waals surface area contributed by atoms with Gasteiger partial charge >= 0.3 is 6.03 Å². The van der Waals surface area contributed by atoms with Crippen molar-refractivity contribution >= 4 is 22.6 Å². The predicted octanol–water partition coefficient (Wildman–Crippen LogP) is 4.13. The molecule has 0 aliphatic heterocycles. The van der Waals surface area contributed by atoms with Gasteiger partial charge in [-0.25, -0.2) is 4.79 Å². The van der Waals surface area contributed by atoms with Crippen LogP contribution in [-0.2, 0) is 11.3 Å². The molecule has 0 saturated heterocycles. The predicted molar refractivity (Wildman–Crippen MR) is 97.5 cm³/mol. The van der Waals surface area contributed by atoms with Crippen molar-refractivity contribution in [1.82, 2.24) is 9.88 Å². The minimum atomic E-state index is -0.100. The molecule has 1 aliphatic rings. The Morgan fingerprint density at radius 2 is 1.96 bits per heavy atom. The van der Waals surface area contributed by atoms with Crippen LogP contribution in [0.3, 0.4) is 0 Å². The fourth-order valence-corrected chi connectivity index (χ4v) is 3.49. The number of anilines is 1. The first kappa shape index (κ1) is 16.8. The van der Waals surface area contributed by atoms with Gasteiger partial charge in [-0.3, -0.25) is 0 Å². The minimum Gasteiger partial charge on any atom is -0.383 e. The van der Waals surface area contributed by atoms with E-state index in [9.17, 15) is 4.79 Å². The van der Waals surface area contributed by atoms with E-state index in [1.165, 1.54) is 25.7 Å². The molecule has 130 valence electrons. The van der Waals surface area contributed by atoms with Gasteiger partial charge in [0.2, 0.25) is 0 Å². The van der Waals surface area contributed by atoms with Gasteiger partial charge in [0.05, 0.1) is 17.8 Å². The van der Waals surface area contributed by atoms with E-state index < -0.39 is 0 Å². The molecule has 0 spiro atoms. The summed E-state index contributed by atoms with van der Waals surface area (Å²) in [5, 5.41) is 7.24. The van der Waals surface area contributed by atoms with E-state index in [0.29, 0.717) is 12.6 Å². The molecule has 0 atom stereocenters. The molecule has 2 aromatic rings. The Morgan fingerprint density at radius 1 is 1.21 bits per heavy atom. The van der Waals surface area contributed by atoms with Crippen LogP contribution in [0.2, 0.25) is 0 Å². The third-order valence-corrected chi connectivity index (χ3v) is 4.76. The summed E-state index contributed by atoms with van der Waals surface area (Å²) in [7, 11) is 1.70. The molecule has 1 aromatic carbocycles. The summed E-state index contributed by atoms with van der Waals surface area (Å²) in [6.07, 6.45) is 9.16. The molecule has 1 fully saturated rings. The summed E-state index contributed by atoms with van der Waals surface area (Å²) in [5.41, 5.74) is 1.96. The number of carbonyl (C=O) groups is 1. The van der Waals surface area contributed by atoms with E-state index in [1.807, 2.05) is 24.4 Å². The molecule has 3 rings (SSSR count). The third-order valence-electron chi connectivity index (χ3n) is 4.76. The second kappa shape index (κ2) is 8.20. The molecular formula is C19H27N3O2. The Bertz CT molecular complexity index is 672. The first-order chi connectivity index (χ1) is 11.8. The van der Waals surface area contributed by atoms with Crippen molar-refractivity contribution in [2.24, 2.45) is 0 Å². The van der Waals surface area contributed by atoms with E-state index >= 15 is 0 Å². The van der Waals surface area contributed by atoms with E-state index in [-0.39, 0.29) is 6.03 Å². The number of ether oxygens (including phenoxy) is 1. The second-order valence-electron chi connectivity index (χ2n) is 6.53. The van der Waals surface area contributed by atoms with E-state index in [0.717, 1.165) is 36.0 Å². The van der Waals surface area contributed by atoms with Crippen LogP contribution in [-0.4, -0.2) is 30.4 Å². The Morgan fingerprint density at radius 3 is 2.71 bits per heavy atom. The fraction of sp³-hybridized carbons (Fsp3) is 0.526. The molecular weight excluding hydrogens is 302 g/mol. The van der Waals surface area contributed by atoms with Gasteiger partial charge in [-0.2, -0.15) is 0 Å². The number of fused-ring (bicyclic) bond motifs is 1. The molecule has 5 nitrogen and oxygen atoms in total. The normalized spacial score (nSPS) is 16.0. The van der Waals surface area contributed by atoms with Crippen LogP contribution in [0, 0.1) is 0 Å². The minimum absolute atomic E-state index is 0.100. The highest BCUT2D eigenvalue weighted by molar-refractivity contribution is 6.01. The van der Waals surface area contributed by atoms with Gasteiger partial charge in [0.25, 0.3) is 0 Å². The lowest BCUT2D eigenvalue weighted by atomic mass is 10.1. The van der Waals surface area contributed by atoms with Gasteiger partial charge in [-0.05, 0) is 18.9 Å². The van der Waals surface area contributed by atoms with Crippen molar-refractivity contribution in [2.75, 3.05) is 19.0 Å². The molecule has 5 heteroatoms. The van der Waals surface area contributed by atoms with Gasteiger partial charge in [0.1, 0.15) is 0 Å². The standard InChI is InChI=1S/C19H27N3O2/c1-24-13-12-22-14-17(16-10-6-7-11-18(16)22)21-19(23)20-15-8-4-2-3-5-9-15/h6-7,10-11,14-15H,2-5,8-9,12-13H2,1H3,(H2,20,21,23). The maximum atomic E-state index is 12.4. The van der Waals surface area contributed by atoms with Crippen LogP contribution in [0.1, 0.15) is 38.5 Å². The van der Waals surface area contributed by atoms with Gasteiger partial charge in [0.15, 0.2) is 0 Å². The second-order valence-corrected chi connectivity index (χ2v) is 6.53. The first-order valence-electron chi connectivity index (χ1n) is 8.92. The molecule has 0 unspecified atom stereocenters. The lowest BCUT2D eigenvalue weighted by Gasteiger charge is -2.16. The van der Waals surface area contributed by atoms with Gasteiger partial charge in [-0.15, -0.1) is 0 Å². The summed E-state index contributed by atoms with van der Waals surface area (Å²) in [4.78, 5) is 12.4. The molecule has 2 amide bonds. The number of nitrogens with zero attached hydrogens (tertiary/aromatic N) is 1. The Hall–Kier alpha value is -2.01. The number of para-hydroxylation sites is 1. The zero-order valence-electron chi connectivity index (χ0n) is 14.4. The van der Waals surface area contributed by atoms with Crippen molar-refractivity contribution in [1.29, 1.82) is 0 Å². The Balaban J connectivity index is 1.70. The topological polar surface area (TPSA) is 55.3 Å². The van der Waals surface area contributed by atoms with Crippen LogP contribution < -0.4 is 10.6 Å². The quantitative estimate of drug-likeness (QED) is 0.810. The van der Waals surface area contributed by atoms with Crippen LogP contribution in [0.15, 0.2) is 30.5 Å². The molecule has 0 radical (unpaired) electrons. The van der Waals surface area contributed by atoms with Crippen molar-refractivity contribution in [3.63, 3.8) is 0 Å². The smallest absolute Gasteiger partial charge is 0.319 e. The number of hydrogen-bond acceptors (Lipinski definition) is 2. The highest BCUT2D eigenvalue weighted by Crippen LogP contribution is 2.26. The van der Waals surface area contributed by atoms with Crippen molar-refractivity contribution in [3.05, 3.63) is 30.5 Å². The summed E-state index contributed by atoms with van der Waals surface area (Å²) in [6.45, 7) is 1.41. The monoisotopic (exact) mass is 329 g/mol. The Labute approximate surface area is 143 Å². The van der Waals surface area contributed by atoms with Crippen LogP contribution in [0.4, 0.5) is 10.5 Å². The third kappa shape index (κ3) is 4.09. The zero-order chi connectivity index (χ0) is 16.8. The van der Waals surface area contributed by atoms with Gasteiger partial charge < -0.3 is 19.9 Å².